The largest absolute Gasteiger partial charge is 0.495 e. The van der Waals surface area contributed by atoms with Gasteiger partial charge < -0.3 is 20.1 Å². The minimum atomic E-state index is -0.394. The molecule has 0 aromatic heterocycles. The van der Waals surface area contributed by atoms with Crippen LogP contribution in [-0.4, -0.2) is 57.3 Å². The van der Waals surface area contributed by atoms with Gasteiger partial charge in [0.15, 0.2) is 0 Å². The molecule has 0 saturated carbocycles. The van der Waals surface area contributed by atoms with Crippen molar-refractivity contribution in [2.24, 2.45) is 0 Å². The first kappa shape index (κ1) is 18.8. The molecule has 0 unspecified atom stereocenters. The molecular formula is C18H24N4O3. The van der Waals surface area contributed by atoms with Crippen molar-refractivity contribution in [1.29, 1.82) is 5.26 Å². The van der Waals surface area contributed by atoms with Gasteiger partial charge in [-0.05, 0) is 24.6 Å². The van der Waals surface area contributed by atoms with E-state index in [1.165, 1.54) is 6.20 Å². The van der Waals surface area contributed by atoms with Crippen molar-refractivity contribution in [2.75, 3.05) is 51.8 Å². The summed E-state index contributed by atoms with van der Waals surface area (Å²) in [6, 6.07) is 7.58. The summed E-state index contributed by atoms with van der Waals surface area (Å²) in [6.07, 6.45) is 1.40. The zero-order valence-corrected chi connectivity index (χ0v) is 14.7. The lowest BCUT2D eigenvalue weighted by Gasteiger charge is -2.26. The van der Waals surface area contributed by atoms with E-state index in [4.69, 9.17) is 9.47 Å². The fraction of sp³-hybridized carbons (Fsp3) is 0.444. The number of rotatable bonds is 7. The van der Waals surface area contributed by atoms with Crippen LogP contribution in [0.25, 0.3) is 0 Å². The SMILES string of the molecule is COc1ccc(C)cc1N/C=C(/C#N)C(=O)NCCN1CCOCC1. The fourth-order valence-electron chi connectivity index (χ4n) is 2.48. The van der Waals surface area contributed by atoms with E-state index >= 15 is 0 Å². The summed E-state index contributed by atoms with van der Waals surface area (Å²) >= 11 is 0. The van der Waals surface area contributed by atoms with Gasteiger partial charge in [-0.3, -0.25) is 9.69 Å². The van der Waals surface area contributed by atoms with Gasteiger partial charge in [0.05, 0.1) is 26.0 Å². The van der Waals surface area contributed by atoms with Gasteiger partial charge in [-0.25, -0.2) is 0 Å². The van der Waals surface area contributed by atoms with Crippen molar-refractivity contribution in [2.45, 2.75) is 6.92 Å². The Morgan fingerprint density at radius 1 is 1.44 bits per heavy atom. The molecule has 1 aromatic carbocycles. The van der Waals surface area contributed by atoms with Crippen molar-refractivity contribution in [1.82, 2.24) is 10.2 Å². The molecule has 134 valence electrons. The summed E-state index contributed by atoms with van der Waals surface area (Å²) in [6.45, 7) is 6.37. The average Bonchev–Trinajstić information content (AvgIpc) is 2.63. The zero-order chi connectivity index (χ0) is 18.1. The molecule has 1 aliphatic heterocycles. The topological polar surface area (TPSA) is 86.6 Å². The molecule has 1 aromatic rings. The molecule has 0 bridgehead atoms. The van der Waals surface area contributed by atoms with Crippen LogP contribution in [0.1, 0.15) is 5.56 Å². The number of ether oxygens (including phenoxy) is 2. The molecule has 0 radical (unpaired) electrons. The van der Waals surface area contributed by atoms with E-state index in [1.807, 2.05) is 31.2 Å². The van der Waals surface area contributed by atoms with Gasteiger partial charge in [-0.2, -0.15) is 5.26 Å². The second kappa shape index (κ2) is 9.67. The van der Waals surface area contributed by atoms with Crippen LogP contribution in [0.2, 0.25) is 0 Å². The number of benzene rings is 1. The fourth-order valence-corrected chi connectivity index (χ4v) is 2.48. The summed E-state index contributed by atoms with van der Waals surface area (Å²) in [4.78, 5) is 14.4. The summed E-state index contributed by atoms with van der Waals surface area (Å²) in [5.74, 6) is 0.252. The number of morpholine rings is 1. The molecular weight excluding hydrogens is 320 g/mol. The Balaban J connectivity index is 1.89. The monoisotopic (exact) mass is 344 g/mol. The quantitative estimate of drug-likeness (QED) is 0.572. The van der Waals surface area contributed by atoms with Crippen molar-refractivity contribution in [3.63, 3.8) is 0 Å². The number of carbonyl (C=O) groups excluding carboxylic acids is 1. The highest BCUT2D eigenvalue weighted by Crippen LogP contribution is 2.25. The molecule has 25 heavy (non-hydrogen) atoms. The number of nitriles is 1. The third kappa shape index (κ3) is 5.78. The van der Waals surface area contributed by atoms with Gasteiger partial charge in [0.2, 0.25) is 0 Å². The molecule has 7 nitrogen and oxygen atoms in total. The van der Waals surface area contributed by atoms with Gasteiger partial charge in [-0.1, -0.05) is 6.07 Å². The van der Waals surface area contributed by atoms with Crippen molar-refractivity contribution in [3.8, 4) is 11.8 Å². The van der Waals surface area contributed by atoms with Gasteiger partial charge in [-0.15, -0.1) is 0 Å². The Hall–Kier alpha value is -2.56. The van der Waals surface area contributed by atoms with Crippen LogP contribution in [0.5, 0.6) is 5.75 Å². The van der Waals surface area contributed by atoms with Crippen molar-refractivity contribution >= 4 is 11.6 Å². The third-order valence-electron chi connectivity index (χ3n) is 3.91. The molecule has 0 aliphatic carbocycles. The number of hydrogen-bond donors (Lipinski definition) is 2. The summed E-state index contributed by atoms with van der Waals surface area (Å²) in [7, 11) is 1.57. The lowest BCUT2D eigenvalue weighted by molar-refractivity contribution is -0.117. The minimum Gasteiger partial charge on any atom is -0.495 e. The van der Waals surface area contributed by atoms with Crippen LogP contribution in [0.3, 0.4) is 0 Å². The van der Waals surface area contributed by atoms with Crippen LogP contribution in [-0.2, 0) is 9.53 Å². The maximum Gasteiger partial charge on any atom is 0.263 e. The van der Waals surface area contributed by atoms with Crippen LogP contribution >= 0.6 is 0 Å². The normalized spacial score (nSPS) is 15.3. The average molecular weight is 344 g/mol. The van der Waals surface area contributed by atoms with Gasteiger partial charge in [0.25, 0.3) is 5.91 Å². The predicted molar refractivity (Wildman–Crippen MR) is 95.3 cm³/mol. The molecule has 1 amide bonds. The lowest BCUT2D eigenvalue weighted by atomic mass is 10.2. The van der Waals surface area contributed by atoms with Gasteiger partial charge in [0, 0.05) is 32.4 Å². The highest BCUT2D eigenvalue weighted by molar-refractivity contribution is 5.97. The maximum absolute atomic E-state index is 12.1. The summed E-state index contributed by atoms with van der Waals surface area (Å²) in [5, 5.41) is 15.0. The zero-order valence-electron chi connectivity index (χ0n) is 14.7. The van der Waals surface area contributed by atoms with E-state index in [0.717, 1.165) is 38.4 Å². The second-order valence-corrected chi connectivity index (χ2v) is 5.73. The standard InChI is InChI=1S/C18H24N4O3/c1-14-3-4-17(24-2)16(11-14)21-13-15(12-19)18(23)20-5-6-22-7-9-25-10-8-22/h3-4,11,13,21H,5-10H2,1-2H3,(H,20,23)/b15-13-. The highest BCUT2D eigenvalue weighted by atomic mass is 16.5. The Labute approximate surface area is 148 Å². The van der Waals surface area contributed by atoms with Gasteiger partial charge in [0.1, 0.15) is 17.4 Å². The minimum absolute atomic E-state index is 0.0190. The first-order valence-corrected chi connectivity index (χ1v) is 8.24. The molecule has 7 heteroatoms. The molecule has 0 spiro atoms. The number of anilines is 1. The number of nitrogens with one attached hydrogen (secondary N) is 2. The first-order valence-electron chi connectivity index (χ1n) is 8.24. The van der Waals surface area contributed by atoms with Crippen molar-refractivity contribution in [3.05, 3.63) is 35.5 Å². The molecule has 2 N–H and O–H groups in total. The van der Waals surface area contributed by atoms with E-state index < -0.39 is 5.91 Å². The van der Waals surface area contributed by atoms with E-state index in [1.54, 1.807) is 7.11 Å². The van der Waals surface area contributed by atoms with E-state index in [0.29, 0.717) is 18.0 Å². The lowest BCUT2D eigenvalue weighted by Crippen LogP contribution is -2.41. The molecule has 0 atom stereocenters. The third-order valence-corrected chi connectivity index (χ3v) is 3.91. The van der Waals surface area contributed by atoms with Crippen LogP contribution in [0.15, 0.2) is 30.0 Å². The van der Waals surface area contributed by atoms with Crippen molar-refractivity contribution < 1.29 is 14.3 Å². The molecule has 2 rings (SSSR count). The van der Waals surface area contributed by atoms with E-state index in [-0.39, 0.29) is 5.57 Å². The summed E-state index contributed by atoms with van der Waals surface area (Å²) in [5.41, 5.74) is 1.77. The number of methoxy groups -OCH3 is 1. The Bertz CT molecular complexity index is 661. The predicted octanol–water partition coefficient (Wildman–Crippen LogP) is 1.27. The first-order chi connectivity index (χ1) is 12.1. The molecule has 1 aliphatic rings. The van der Waals surface area contributed by atoms with E-state index in [9.17, 15) is 10.1 Å². The molecule has 1 saturated heterocycles. The number of nitrogens with zero attached hydrogens (tertiary/aromatic N) is 2. The Morgan fingerprint density at radius 3 is 2.88 bits per heavy atom. The highest BCUT2D eigenvalue weighted by Gasteiger charge is 2.12. The molecule has 1 heterocycles. The molecule has 1 fully saturated rings. The number of hydrogen-bond acceptors (Lipinski definition) is 6. The smallest absolute Gasteiger partial charge is 0.263 e. The number of amides is 1. The Morgan fingerprint density at radius 2 is 2.20 bits per heavy atom. The van der Waals surface area contributed by atoms with E-state index in [2.05, 4.69) is 15.5 Å². The van der Waals surface area contributed by atoms with Crippen LogP contribution in [0.4, 0.5) is 5.69 Å². The number of carbonyl (C=O) groups is 1. The van der Waals surface area contributed by atoms with Crippen LogP contribution in [0, 0.1) is 18.3 Å². The van der Waals surface area contributed by atoms with Crippen LogP contribution < -0.4 is 15.4 Å². The van der Waals surface area contributed by atoms with Gasteiger partial charge >= 0.3 is 0 Å². The second-order valence-electron chi connectivity index (χ2n) is 5.73. The Kier molecular flexibility index (Phi) is 7.26. The summed E-state index contributed by atoms with van der Waals surface area (Å²) < 4.78 is 10.6. The number of aryl methyl sites for hydroxylation is 1. The maximum atomic E-state index is 12.1.